The summed E-state index contributed by atoms with van der Waals surface area (Å²) in [7, 11) is 0. The molecule has 0 unspecified atom stereocenters. The molecule has 5 nitrogen and oxygen atoms in total. The van der Waals surface area contributed by atoms with Crippen LogP contribution in [0, 0.1) is 0 Å². The quantitative estimate of drug-likeness (QED) is 0.907. The molecule has 3 N–H and O–H groups in total. The van der Waals surface area contributed by atoms with Crippen LogP contribution in [-0.4, -0.2) is 23.2 Å². The highest BCUT2D eigenvalue weighted by Crippen LogP contribution is 2.39. The second kappa shape index (κ2) is 5.42. The van der Waals surface area contributed by atoms with Crippen molar-refractivity contribution < 1.29 is 9.53 Å². The number of carbonyl (C=O) groups excluding carboxylic acids is 1. The largest absolute Gasteiger partial charge is 0.456 e. The van der Waals surface area contributed by atoms with Crippen molar-refractivity contribution in [2.75, 3.05) is 17.6 Å². The van der Waals surface area contributed by atoms with Gasteiger partial charge in [0, 0.05) is 30.1 Å². The SMILES string of the molecule is NC(=O)c1ccc(Oc2ccnc3c2SCCN3)cc1. The molecule has 1 aromatic carbocycles. The van der Waals surface area contributed by atoms with Crippen LogP contribution in [0.5, 0.6) is 11.5 Å². The number of hydrogen-bond acceptors (Lipinski definition) is 5. The number of aromatic nitrogens is 1. The average Bonchev–Trinajstić information content (AvgIpc) is 2.48. The average molecular weight is 287 g/mol. The van der Waals surface area contributed by atoms with Gasteiger partial charge < -0.3 is 15.8 Å². The molecule has 1 aliphatic heterocycles. The molecule has 1 aromatic heterocycles. The van der Waals surface area contributed by atoms with Crippen LogP contribution in [0.1, 0.15) is 10.4 Å². The number of nitrogens with zero attached hydrogens (tertiary/aromatic N) is 1. The standard InChI is InChI=1S/C14H13N3O2S/c15-13(18)9-1-3-10(4-2-9)19-11-5-6-16-14-12(11)20-8-7-17-14/h1-6H,7-8H2,(H2,15,18)(H,16,17). The van der Waals surface area contributed by atoms with E-state index in [1.807, 2.05) is 6.07 Å². The molecule has 0 spiro atoms. The first-order valence-electron chi connectivity index (χ1n) is 6.17. The maximum atomic E-state index is 11.0. The number of nitrogens with two attached hydrogens (primary N) is 1. The summed E-state index contributed by atoms with van der Waals surface area (Å²) < 4.78 is 5.86. The highest BCUT2D eigenvalue weighted by Gasteiger charge is 2.16. The minimum absolute atomic E-state index is 0.447. The molecule has 102 valence electrons. The maximum Gasteiger partial charge on any atom is 0.248 e. The fourth-order valence-corrected chi connectivity index (χ4v) is 2.83. The van der Waals surface area contributed by atoms with Gasteiger partial charge in [0.15, 0.2) is 0 Å². The van der Waals surface area contributed by atoms with E-state index in [0.29, 0.717) is 11.3 Å². The van der Waals surface area contributed by atoms with Crippen LogP contribution >= 0.6 is 11.8 Å². The number of hydrogen-bond donors (Lipinski definition) is 2. The summed E-state index contributed by atoms with van der Waals surface area (Å²) in [4.78, 5) is 16.3. The van der Waals surface area contributed by atoms with Gasteiger partial charge in [-0.05, 0) is 24.3 Å². The van der Waals surface area contributed by atoms with Crippen molar-refractivity contribution in [3.63, 3.8) is 0 Å². The van der Waals surface area contributed by atoms with Gasteiger partial charge in [0.05, 0.1) is 4.90 Å². The fourth-order valence-electron chi connectivity index (χ4n) is 1.91. The third kappa shape index (κ3) is 2.55. The number of carbonyl (C=O) groups is 1. The summed E-state index contributed by atoms with van der Waals surface area (Å²) >= 11 is 1.72. The monoisotopic (exact) mass is 287 g/mol. The summed E-state index contributed by atoms with van der Waals surface area (Å²) in [5.74, 6) is 2.81. The van der Waals surface area contributed by atoms with E-state index >= 15 is 0 Å². The summed E-state index contributed by atoms with van der Waals surface area (Å²) in [5, 5.41) is 3.24. The van der Waals surface area contributed by atoms with E-state index in [4.69, 9.17) is 10.5 Å². The first kappa shape index (κ1) is 12.8. The van der Waals surface area contributed by atoms with Gasteiger partial charge in [0.2, 0.25) is 5.91 Å². The lowest BCUT2D eigenvalue weighted by Crippen LogP contribution is -2.12. The third-order valence-electron chi connectivity index (χ3n) is 2.88. The number of rotatable bonds is 3. The van der Waals surface area contributed by atoms with Crippen molar-refractivity contribution in [1.82, 2.24) is 4.98 Å². The molecular formula is C14H13N3O2S. The molecule has 1 amide bonds. The number of primary amides is 1. The normalized spacial score (nSPS) is 13.2. The molecule has 0 saturated heterocycles. The molecule has 3 rings (SSSR count). The molecule has 0 atom stereocenters. The van der Waals surface area contributed by atoms with Gasteiger partial charge in [-0.3, -0.25) is 4.79 Å². The van der Waals surface area contributed by atoms with Crippen molar-refractivity contribution in [2.24, 2.45) is 5.73 Å². The number of ether oxygens (including phenoxy) is 1. The van der Waals surface area contributed by atoms with Crippen molar-refractivity contribution in [1.29, 1.82) is 0 Å². The topological polar surface area (TPSA) is 77.2 Å². The molecule has 0 radical (unpaired) electrons. The molecular weight excluding hydrogens is 274 g/mol. The molecule has 0 bridgehead atoms. The Morgan fingerprint density at radius 3 is 2.85 bits per heavy atom. The van der Waals surface area contributed by atoms with E-state index < -0.39 is 5.91 Å². The fraction of sp³-hybridized carbons (Fsp3) is 0.143. The van der Waals surface area contributed by atoms with Gasteiger partial charge in [-0.25, -0.2) is 4.98 Å². The van der Waals surface area contributed by atoms with Gasteiger partial charge in [-0.2, -0.15) is 0 Å². The molecule has 0 saturated carbocycles. The van der Waals surface area contributed by atoms with Crippen LogP contribution in [0.3, 0.4) is 0 Å². The highest BCUT2D eigenvalue weighted by atomic mass is 32.2. The van der Waals surface area contributed by atoms with Crippen molar-refractivity contribution in [2.45, 2.75) is 4.90 Å². The van der Waals surface area contributed by atoms with Crippen LogP contribution < -0.4 is 15.8 Å². The highest BCUT2D eigenvalue weighted by molar-refractivity contribution is 7.99. The van der Waals surface area contributed by atoms with Crippen molar-refractivity contribution in [3.8, 4) is 11.5 Å². The predicted molar refractivity (Wildman–Crippen MR) is 78.5 cm³/mol. The van der Waals surface area contributed by atoms with Gasteiger partial charge >= 0.3 is 0 Å². The summed E-state index contributed by atoms with van der Waals surface area (Å²) in [5.41, 5.74) is 5.67. The number of anilines is 1. The van der Waals surface area contributed by atoms with Crippen LogP contribution in [0.4, 0.5) is 5.82 Å². The lowest BCUT2D eigenvalue weighted by molar-refractivity contribution is 0.100. The Morgan fingerprint density at radius 2 is 2.10 bits per heavy atom. The van der Waals surface area contributed by atoms with Gasteiger partial charge in [0.25, 0.3) is 0 Å². The Morgan fingerprint density at radius 1 is 1.30 bits per heavy atom. The Bertz CT molecular complexity index is 643. The molecule has 20 heavy (non-hydrogen) atoms. The summed E-state index contributed by atoms with van der Waals surface area (Å²) in [6, 6.07) is 8.59. The van der Waals surface area contributed by atoms with E-state index in [1.165, 1.54) is 0 Å². The number of pyridine rings is 1. The molecule has 2 aromatic rings. The minimum Gasteiger partial charge on any atom is -0.456 e. The van der Waals surface area contributed by atoms with Crippen molar-refractivity contribution >= 4 is 23.5 Å². The van der Waals surface area contributed by atoms with Gasteiger partial charge in [0.1, 0.15) is 17.3 Å². The van der Waals surface area contributed by atoms with Crippen LogP contribution in [0.2, 0.25) is 0 Å². The number of benzene rings is 1. The molecule has 2 heterocycles. The van der Waals surface area contributed by atoms with Gasteiger partial charge in [-0.1, -0.05) is 0 Å². The Labute approximate surface area is 120 Å². The zero-order valence-electron chi connectivity index (χ0n) is 10.6. The molecule has 6 heteroatoms. The van der Waals surface area contributed by atoms with E-state index in [-0.39, 0.29) is 0 Å². The first-order valence-corrected chi connectivity index (χ1v) is 7.16. The van der Waals surface area contributed by atoms with E-state index in [9.17, 15) is 4.79 Å². The second-order valence-corrected chi connectivity index (χ2v) is 5.36. The lowest BCUT2D eigenvalue weighted by Gasteiger charge is -2.19. The smallest absolute Gasteiger partial charge is 0.248 e. The molecule has 0 aliphatic carbocycles. The Kier molecular flexibility index (Phi) is 3.47. The van der Waals surface area contributed by atoms with E-state index in [2.05, 4.69) is 10.3 Å². The second-order valence-electron chi connectivity index (χ2n) is 4.25. The number of amides is 1. The van der Waals surface area contributed by atoms with Crippen molar-refractivity contribution in [3.05, 3.63) is 42.1 Å². The first-order chi connectivity index (χ1) is 9.74. The number of thioether (sulfide) groups is 1. The lowest BCUT2D eigenvalue weighted by atomic mass is 10.2. The summed E-state index contributed by atoms with van der Waals surface area (Å²) in [6.45, 7) is 0.904. The zero-order chi connectivity index (χ0) is 13.9. The molecule has 1 aliphatic rings. The summed E-state index contributed by atoms with van der Waals surface area (Å²) in [6.07, 6.45) is 1.71. The Hall–Kier alpha value is -2.21. The van der Waals surface area contributed by atoms with E-state index in [1.54, 1.807) is 42.2 Å². The van der Waals surface area contributed by atoms with Crippen LogP contribution in [-0.2, 0) is 0 Å². The zero-order valence-corrected chi connectivity index (χ0v) is 11.4. The maximum absolute atomic E-state index is 11.0. The Balaban J connectivity index is 1.86. The van der Waals surface area contributed by atoms with Crippen LogP contribution in [0.25, 0.3) is 0 Å². The third-order valence-corrected chi connectivity index (χ3v) is 3.97. The van der Waals surface area contributed by atoms with Gasteiger partial charge in [-0.15, -0.1) is 11.8 Å². The minimum atomic E-state index is -0.447. The predicted octanol–water partition coefficient (Wildman–Crippen LogP) is 2.49. The molecule has 0 fully saturated rings. The number of nitrogens with one attached hydrogen (secondary N) is 1. The van der Waals surface area contributed by atoms with E-state index in [0.717, 1.165) is 28.8 Å². The number of fused-ring (bicyclic) bond motifs is 1. The van der Waals surface area contributed by atoms with Crippen LogP contribution in [0.15, 0.2) is 41.4 Å².